The van der Waals surface area contributed by atoms with Crippen molar-refractivity contribution in [1.82, 2.24) is 5.32 Å². The molecule has 3 nitrogen and oxygen atoms in total. The van der Waals surface area contributed by atoms with Gasteiger partial charge >= 0.3 is 0 Å². The molecule has 22 heavy (non-hydrogen) atoms. The van der Waals surface area contributed by atoms with E-state index in [9.17, 15) is 9.18 Å². The van der Waals surface area contributed by atoms with Crippen LogP contribution in [0.4, 0.5) is 4.39 Å². The summed E-state index contributed by atoms with van der Waals surface area (Å²) in [6.07, 6.45) is 3.31. The highest BCUT2D eigenvalue weighted by molar-refractivity contribution is 5.72. The monoisotopic (exact) mass is 305 g/mol. The van der Waals surface area contributed by atoms with Crippen molar-refractivity contribution >= 4 is 6.29 Å². The molecule has 0 saturated heterocycles. The van der Waals surface area contributed by atoms with Crippen LogP contribution in [0.15, 0.2) is 47.4 Å². The first kappa shape index (κ1) is 18.0. The lowest BCUT2D eigenvalue weighted by atomic mass is 9.84. The van der Waals surface area contributed by atoms with Crippen LogP contribution >= 0.6 is 0 Å². The van der Waals surface area contributed by atoms with Gasteiger partial charge in [0.2, 0.25) is 0 Å². The maximum Gasteiger partial charge on any atom is 0.185 e. The molecule has 120 valence electrons. The van der Waals surface area contributed by atoms with Gasteiger partial charge in [-0.15, -0.1) is 0 Å². The van der Waals surface area contributed by atoms with E-state index in [4.69, 9.17) is 4.74 Å². The number of carbonyl (C=O) groups excluding carboxylic acids is 1. The number of halogens is 1. The molecule has 0 unspecified atom stereocenters. The number of rotatable bonds is 7. The minimum Gasteiger partial charge on any atom is -0.454 e. The van der Waals surface area contributed by atoms with Crippen molar-refractivity contribution in [3.63, 3.8) is 0 Å². The van der Waals surface area contributed by atoms with Crippen LogP contribution in [0.25, 0.3) is 0 Å². The Morgan fingerprint density at radius 2 is 1.91 bits per heavy atom. The van der Waals surface area contributed by atoms with Crippen LogP contribution < -0.4 is 10.1 Å². The van der Waals surface area contributed by atoms with E-state index in [0.717, 1.165) is 17.7 Å². The first-order valence-corrected chi connectivity index (χ1v) is 7.33. The van der Waals surface area contributed by atoms with Crippen molar-refractivity contribution in [2.75, 3.05) is 7.05 Å². The van der Waals surface area contributed by atoms with Crippen LogP contribution in [-0.2, 0) is 4.79 Å². The summed E-state index contributed by atoms with van der Waals surface area (Å²) in [5, 5.41) is 3.21. The Hall–Kier alpha value is -2.10. The second-order valence-corrected chi connectivity index (χ2v) is 5.77. The Labute approximate surface area is 131 Å². The van der Waals surface area contributed by atoms with Gasteiger partial charge in [-0.3, -0.25) is 4.79 Å². The van der Waals surface area contributed by atoms with Gasteiger partial charge in [-0.25, -0.2) is 4.39 Å². The number of carbonyl (C=O) groups is 1. The molecule has 0 aliphatic heterocycles. The number of hydrogen-bond donors (Lipinski definition) is 1. The standard InChI is InChI=1S/C18H24FNO2/c1-6-18(3,4)17(20-5)13(2)11-16(12-21)22-15-9-7-14(19)8-10-15/h7-12,20H,6H2,1-5H3/b16-11+,17-13-. The highest BCUT2D eigenvalue weighted by atomic mass is 19.1. The lowest BCUT2D eigenvalue weighted by Gasteiger charge is -2.28. The number of aldehydes is 1. The molecule has 1 rings (SSSR count). The average Bonchev–Trinajstić information content (AvgIpc) is 2.49. The smallest absolute Gasteiger partial charge is 0.185 e. The Kier molecular flexibility index (Phi) is 6.35. The topological polar surface area (TPSA) is 38.3 Å². The van der Waals surface area contributed by atoms with Gasteiger partial charge < -0.3 is 10.1 Å². The van der Waals surface area contributed by atoms with Crippen LogP contribution in [0.1, 0.15) is 34.1 Å². The molecule has 0 aromatic heterocycles. The molecular formula is C18H24FNO2. The van der Waals surface area contributed by atoms with E-state index in [1.54, 1.807) is 6.08 Å². The zero-order chi connectivity index (χ0) is 16.8. The fourth-order valence-electron chi connectivity index (χ4n) is 2.26. The van der Waals surface area contributed by atoms with E-state index in [1.165, 1.54) is 24.3 Å². The molecule has 0 aliphatic rings. The molecule has 4 heteroatoms. The minimum absolute atomic E-state index is 0.0286. The normalized spacial score (nSPS) is 13.5. The highest BCUT2D eigenvalue weighted by Gasteiger charge is 2.21. The number of ether oxygens (including phenoxy) is 1. The Morgan fingerprint density at radius 3 is 2.36 bits per heavy atom. The Bertz CT molecular complexity index is 571. The van der Waals surface area contributed by atoms with Crippen LogP contribution in [-0.4, -0.2) is 13.3 Å². The van der Waals surface area contributed by atoms with Crippen LogP contribution in [0.5, 0.6) is 5.75 Å². The molecule has 0 heterocycles. The maximum absolute atomic E-state index is 12.9. The van der Waals surface area contributed by atoms with Crippen LogP contribution in [0.3, 0.4) is 0 Å². The summed E-state index contributed by atoms with van der Waals surface area (Å²) in [6.45, 7) is 8.32. The summed E-state index contributed by atoms with van der Waals surface area (Å²) in [6, 6.07) is 5.56. The predicted molar refractivity (Wildman–Crippen MR) is 87.0 cm³/mol. The highest BCUT2D eigenvalue weighted by Crippen LogP contribution is 2.30. The lowest BCUT2D eigenvalue weighted by molar-refractivity contribution is -0.106. The Balaban J connectivity index is 3.09. The number of hydrogen-bond acceptors (Lipinski definition) is 3. The van der Waals surface area contributed by atoms with Gasteiger partial charge in [0.15, 0.2) is 12.0 Å². The lowest BCUT2D eigenvalue weighted by Crippen LogP contribution is -2.25. The van der Waals surface area contributed by atoms with Gasteiger partial charge in [-0.1, -0.05) is 20.8 Å². The second-order valence-electron chi connectivity index (χ2n) is 5.77. The first-order valence-electron chi connectivity index (χ1n) is 7.33. The second kappa shape index (κ2) is 7.78. The van der Waals surface area contributed by atoms with E-state index in [2.05, 4.69) is 26.1 Å². The van der Waals surface area contributed by atoms with Gasteiger partial charge in [0.1, 0.15) is 11.6 Å². The quantitative estimate of drug-likeness (QED) is 0.355. The molecule has 0 radical (unpaired) electrons. The summed E-state index contributed by atoms with van der Waals surface area (Å²) in [5.41, 5.74) is 1.95. The zero-order valence-electron chi connectivity index (χ0n) is 13.9. The molecule has 0 amide bonds. The van der Waals surface area contributed by atoms with E-state index >= 15 is 0 Å². The van der Waals surface area contributed by atoms with Crippen molar-refractivity contribution in [2.45, 2.75) is 34.1 Å². The van der Waals surface area contributed by atoms with E-state index < -0.39 is 0 Å². The van der Waals surface area contributed by atoms with E-state index in [-0.39, 0.29) is 17.0 Å². The molecular weight excluding hydrogens is 281 g/mol. The zero-order valence-corrected chi connectivity index (χ0v) is 13.9. The molecule has 0 spiro atoms. The molecule has 1 aromatic rings. The van der Waals surface area contributed by atoms with E-state index in [1.807, 2.05) is 14.0 Å². The molecule has 0 bridgehead atoms. The summed E-state index contributed by atoms with van der Waals surface area (Å²) >= 11 is 0. The first-order chi connectivity index (χ1) is 10.3. The van der Waals surface area contributed by atoms with Gasteiger partial charge in [0.05, 0.1) is 0 Å². The van der Waals surface area contributed by atoms with Crippen molar-refractivity contribution in [2.24, 2.45) is 5.41 Å². The van der Waals surface area contributed by atoms with Crippen molar-refractivity contribution in [3.05, 3.63) is 53.2 Å². The molecule has 0 aliphatic carbocycles. The van der Waals surface area contributed by atoms with Crippen LogP contribution in [0.2, 0.25) is 0 Å². The van der Waals surface area contributed by atoms with Gasteiger partial charge in [-0.2, -0.15) is 0 Å². The predicted octanol–water partition coefficient (Wildman–Crippen LogP) is 4.22. The van der Waals surface area contributed by atoms with Gasteiger partial charge in [0, 0.05) is 18.2 Å². The summed E-state index contributed by atoms with van der Waals surface area (Å²) in [7, 11) is 1.87. The largest absolute Gasteiger partial charge is 0.454 e. The fraction of sp³-hybridized carbons (Fsp3) is 0.389. The third-order valence-corrected chi connectivity index (χ3v) is 3.73. The summed E-state index contributed by atoms with van der Waals surface area (Å²) < 4.78 is 18.4. The molecule has 1 N–H and O–H groups in total. The van der Waals surface area contributed by atoms with Gasteiger partial charge in [-0.05, 0) is 49.3 Å². The van der Waals surface area contributed by atoms with Crippen LogP contribution in [0, 0.1) is 11.2 Å². The summed E-state index contributed by atoms with van der Waals surface area (Å²) in [4.78, 5) is 11.2. The minimum atomic E-state index is -0.345. The van der Waals surface area contributed by atoms with Crippen molar-refractivity contribution in [1.29, 1.82) is 0 Å². The third-order valence-electron chi connectivity index (χ3n) is 3.73. The summed E-state index contributed by atoms with van der Waals surface area (Å²) in [5.74, 6) is 0.263. The van der Waals surface area contributed by atoms with Crippen molar-refractivity contribution < 1.29 is 13.9 Å². The number of allylic oxidation sites excluding steroid dienone is 4. The molecule has 0 fully saturated rings. The fourth-order valence-corrected chi connectivity index (χ4v) is 2.26. The Morgan fingerprint density at radius 1 is 1.32 bits per heavy atom. The number of nitrogens with one attached hydrogen (secondary N) is 1. The average molecular weight is 305 g/mol. The molecule has 0 atom stereocenters. The molecule has 0 saturated carbocycles. The SMILES string of the molecule is CCC(C)(C)/C(NC)=C(C)/C=C(\C=O)Oc1ccc(F)cc1. The third kappa shape index (κ3) is 4.72. The number of benzene rings is 1. The van der Waals surface area contributed by atoms with Crippen molar-refractivity contribution in [3.8, 4) is 5.75 Å². The molecule has 1 aromatic carbocycles. The van der Waals surface area contributed by atoms with Gasteiger partial charge in [0.25, 0.3) is 0 Å². The maximum atomic E-state index is 12.9. The van der Waals surface area contributed by atoms with E-state index in [0.29, 0.717) is 12.0 Å².